The summed E-state index contributed by atoms with van der Waals surface area (Å²) in [7, 11) is 1.87. The highest BCUT2D eigenvalue weighted by Gasteiger charge is 2.26. The van der Waals surface area contributed by atoms with Crippen molar-refractivity contribution in [3.8, 4) is 0 Å². The van der Waals surface area contributed by atoms with E-state index in [2.05, 4.69) is 6.92 Å². The number of nitrogens with zero attached hydrogens (tertiary/aromatic N) is 1. The first kappa shape index (κ1) is 11.5. The van der Waals surface area contributed by atoms with Crippen molar-refractivity contribution in [3.63, 3.8) is 0 Å². The smallest absolute Gasteiger partial charge is 0.225 e. The van der Waals surface area contributed by atoms with Crippen LogP contribution in [0, 0.1) is 5.92 Å². The van der Waals surface area contributed by atoms with Crippen molar-refractivity contribution >= 4 is 5.91 Å². The SMILES string of the molecule is CCCN(C)C(=O)C1CCC(O)CC1. The van der Waals surface area contributed by atoms with E-state index < -0.39 is 0 Å². The Kier molecular flexibility index (Phi) is 4.39. The third-order valence-electron chi connectivity index (χ3n) is 2.98. The normalized spacial score (nSPS) is 27.4. The van der Waals surface area contributed by atoms with E-state index in [1.165, 1.54) is 0 Å². The van der Waals surface area contributed by atoms with Crippen molar-refractivity contribution in [1.82, 2.24) is 4.90 Å². The van der Waals surface area contributed by atoms with Crippen LogP contribution in [-0.2, 0) is 4.79 Å². The lowest BCUT2D eigenvalue weighted by molar-refractivity contribution is -0.135. The maximum atomic E-state index is 11.8. The van der Waals surface area contributed by atoms with Gasteiger partial charge in [-0.25, -0.2) is 0 Å². The van der Waals surface area contributed by atoms with E-state index in [1.54, 1.807) is 0 Å². The number of hydrogen-bond donors (Lipinski definition) is 1. The quantitative estimate of drug-likeness (QED) is 0.746. The molecular weight excluding hydrogens is 178 g/mol. The van der Waals surface area contributed by atoms with Crippen LogP contribution in [0.4, 0.5) is 0 Å². The van der Waals surface area contributed by atoms with Crippen LogP contribution in [-0.4, -0.2) is 35.6 Å². The van der Waals surface area contributed by atoms with Crippen LogP contribution >= 0.6 is 0 Å². The number of aliphatic hydroxyl groups excluding tert-OH is 1. The molecular formula is C11H21NO2. The molecule has 0 aromatic carbocycles. The molecule has 1 aliphatic carbocycles. The second kappa shape index (κ2) is 5.35. The molecule has 3 nitrogen and oxygen atoms in total. The van der Waals surface area contributed by atoms with Crippen molar-refractivity contribution in [1.29, 1.82) is 0 Å². The molecule has 1 amide bonds. The van der Waals surface area contributed by atoms with Crippen molar-refractivity contribution < 1.29 is 9.90 Å². The van der Waals surface area contributed by atoms with E-state index in [4.69, 9.17) is 0 Å². The van der Waals surface area contributed by atoms with Gasteiger partial charge in [0.2, 0.25) is 5.91 Å². The number of rotatable bonds is 3. The summed E-state index contributed by atoms with van der Waals surface area (Å²) in [5.41, 5.74) is 0. The molecule has 1 fully saturated rings. The highest BCUT2D eigenvalue weighted by Crippen LogP contribution is 2.25. The van der Waals surface area contributed by atoms with Gasteiger partial charge in [-0.15, -0.1) is 0 Å². The molecule has 1 rings (SSSR count). The van der Waals surface area contributed by atoms with Crippen molar-refractivity contribution in [2.75, 3.05) is 13.6 Å². The van der Waals surface area contributed by atoms with Gasteiger partial charge in [-0.3, -0.25) is 4.79 Å². The van der Waals surface area contributed by atoms with Gasteiger partial charge in [0.05, 0.1) is 6.10 Å². The molecule has 1 aliphatic rings. The van der Waals surface area contributed by atoms with E-state index in [-0.39, 0.29) is 17.9 Å². The van der Waals surface area contributed by atoms with Gasteiger partial charge >= 0.3 is 0 Å². The molecule has 0 radical (unpaired) electrons. The van der Waals surface area contributed by atoms with Gasteiger partial charge in [-0.2, -0.15) is 0 Å². The summed E-state index contributed by atoms with van der Waals surface area (Å²) < 4.78 is 0. The topological polar surface area (TPSA) is 40.5 Å². The Hall–Kier alpha value is -0.570. The van der Waals surface area contributed by atoms with Crippen LogP contribution in [0.3, 0.4) is 0 Å². The van der Waals surface area contributed by atoms with E-state index >= 15 is 0 Å². The van der Waals surface area contributed by atoms with Gasteiger partial charge in [0, 0.05) is 19.5 Å². The molecule has 82 valence electrons. The molecule has 0 saturated heterocycles. The minimum Gasteiger partial charge on any atom is -0.393 e. The highest BCUT2D eigenvalue weighted by atomic mass is 16.3. The molecule has 0 aliphatic heterocycles. The van der Waals surface area contributed by atoms with Crippen LogP contribution < -0.4 is 0 Å². The summed E-state index contributed by atoms with van der Waals surface area (Å²) >= 11 is 0. The Morgan fingerprint density at radius 1 is 1.36 bits per heavy atom. The molecule has 1 saturated carbocycles. The van der Waals surface area contributed by atoms with Gasteiger partial charge in [0.1, 0.15) is 0 Å². The molecule has 0 aromatic rings. The maximum absolute atomic E-state index is 11.8. The second-order valence-corrected chi connectivity index (χ2v) is 4.27. The van der Waals surface area contributed by atoms with E-state index in [1.807, 2.05) is 11.9 Å². The fourth-order valence-electron chi connectivity index (χ4n) is 2.08. The minimum absolute atomic E-state index is 0.162. The third kappa shape index (κ3) is 2.98. The zero-order valence-corrected chi connectivity index (χ0v) is 9.20. The first-order valence-electron chi connectivity index (χ1n) is 5.58. The van der Waals surface area contributed by atoms with Crippen LogP contribution in [0.2, 0.25) is 0 Å². The number of hydrogen-bond acceptors (Lipinski definition) is 2. The van der Waals surface area contributed by atoms with E-state index in [9.17, 15) is 9.90 Å². The lowest BCUT2D eigenvalue weighted by atomic mass is 9.86. The summed E-state index contributed by atoms with van der Waals surface area (Å²) in [5.74, 6) is 0.425. The zero-order chi connectivity index (χ0) is 10.6. The van der Waals surface area contributed by atoms with Crippen molar-refractivity contribution in [2.24, 2.45) is 5.92 Å². The molecule has 1 N–H and O–H groups in total. The summed E-state index contributed by atoms with van der Waals surface area (Å²) in [6, 6.07) is 0. The Balaban J connectivity index is 2.37. The number of amides is 1. The predicted molar refractivity (Wildman–Crippen MR) is 55.9 cm³/mol. The zero-order valence-electron chi connectivity index (χ0n) is 9.20. The van der Waals surface area contributed by atoms with Gasteiger partial charge in [-0.05, 0) is 32.1 Å². The Morgan fingerprint density at radius 3 is 2.43 bits per heavy atom. The van der Waals surface area contributed by atoms with Gasteiger partial charge in [0.15, 0.2) is 0 Å². The fourth-order valence-corrected chi connectivity index (χ4v) is 2.08. The van der Waals surface area contributed by atoms with Gasteiger partial charge in [0.25, 0.3) is 0 Å². The first-order chi connectivity index (χ1) is 6.65. The Labute approximate surface area is 86.1 Å². The van der Waals surface area contributed by atoms with Crippen molar-refractivity contribution in [2.45, 2.75) is 45.1 Å². The maximum Gasteiger partial charge on any atom is 0.225 e. The third-order valence-corrected chi connectivity index (χ3v) is 2.98. The molecule has 3 heteroatoms. The fraction of sp³-hybridized carbons (Fsp3) is 0.909. The summed E-state index contributed by atoms with van der Waals surface area (Å²) in [6.07, 6.45) is 4.13. The molecule has 0 heterocycles. The molecule has 14 heavy (non-hydrogen) atoms. The lowest BCUT2D eigenvalue weighted by Crippen LogP contribution is -2.36. The number of aliphatic hydroxyl groups is 1. The molecule has 0 bridgehead atoms. The van der Waals surface area contributed by atoms with Crippen molar-refractivity contribution in [3.05, 3.63) is 0 Å². The Morgan fingerprint density at radius 2 is 1.93 bits per heavy atom. The lowest BCUT2D eigenvalue weighted by Gasteiger charge is -2.28. The van der Waals surface area contributed by atoms with Gasteiger partial charge in [-0.1, -0.05) is 6.92 Å². The molecule has 0 unspecified atom stereocenters. The second-order valence-electron chi connectivity index (χ2n) is 4.27. The summed E-state index contributed by atoms with van der Waals surface area (Å²) in [4.78, 5) is 13.7. The summed E-state index contributed by atoms with van der Waals surface area (Å²) in [5, 5.41) is 9.33. The minimum atomic E-state index is -0.171. The average molecular weight is 199 g/mol. The number of carbonyl (C=O) groups is 1. The van der Waals surface area contributed by atoms with Crippen LogP contribution in [0.1, 0.15) is 39.0 Å². The molecule has 0 spiro atoms. The first-order valence-corrected chi connectivity index (χ1v) is 5.58. The molecule has 0 atom stereocenters. The van der Waals surface area contributed by atoms with Crippen LogP contribution in [0.5, 0.6) is 0 Å². The van der Waals surface area contributed by atoms with Gasteiger partial charge < -0.3 is 10.0 Å². The summed E-state index contributed by atoms with van der Waals surface area (Å²) in [6.45, 7) is 2.92. The molecule has 0 aromatic heterocycles. The van der Waals surface area contributed by atoms with E-state index in [0.717, 1.165) is 38.6 Å². The highest BCUT2D eigenvalue weighted by molar-refractivity contribution is 5.78. The average Bonchev–Trinajstić information content (AvgIpc) is 2.18. The van der Waals surface area contributed by atoms with Crippen LogP contribution in [0.15, 0.2) is 0 Å². The predicted octanol–water partition coefficient (Wildman–Crippen LogP) is 1.41. The Bertz CT molecular complexity index is 186. The largest absolute Gasteiger partial charge is 0.393 e. The monoisotopic (exact) mass is 199 g/mol. The van der Waals surface area contributed by atoms with E-state index in [0.29, 0.717) is 0 Å². The van der Waals surface area contributed by atoms with Crippen LogP contribution in [0.25, 0.3) is 0 Å². The standard InChI is InChI=1S/C11H21NO2/c1-3-8-12(2)11(14)9-4-6-10(13)7-5-9/h9-10,13H,3-8H2,1-2H3. The number of carbonyl (C=O) groups excluding carboxylic acids is 1.